The van der Waals surface area contributed by atoms with E-state index in [4.69, 9.17) is 9.47 Å². The molecule has 6 nitrogen and oxygen atoms in total. The van der Waals surface area contributed by atoms with Crippen molar-refractivity contribution in [1.29, 1.82) is 0 Å². The molecule has 2 N–H and O–H groups in total. The number of benzene rings is 2. The number of nitrogens with zero attached hydrogens (tertiary/aromatic N) is 1. The van der Waals surface area contributed by atoms with Gasteiger partial charge in [-0.1, -0.05) is 0 Å². The summed E-state index contributed by atoms with van der Waals surface area (Å²) in [5.74, 6) is 0.402. The fourth-order valence-corrected chi connectivity index (χ4v) is 3.52. The molecule has 0 saturated carbocycles. The summed E-state index contributed by atoms with van der Waals surface area (Å²) in [6, 6.07) is 11.0. The van der Waals surface area contributed by atoms with Crippen LogP contribution in [0, 0.1) is 0 Å². The van der Waals surface area contributed by atoms with E-state index in [-0.39, 0.29) is 18.1 Å². The lowest BCUT2D eigenvalue weighted by Crippen LogP contribution is -3.08. The Labute approximate surface area is 179 Å². The fraction of sp³-hybridized carbons (Fsp3) is 0.409. The first-order valence-corrected chi connectivity index (χ1v) is 10.0. The highest BCUT2D eigenvalue weighted by Crippen LogP contribution is 2.35. The molecule has 2 aromatic rings. The Morgan fingerprint density at radius 1 is 1.16 bits per heavy atom. The van der Waals surface area contributed by atoms with E-state index in [0.717, 1.165) is 28.3 Å². The Hall–Kier alpha value is -2.78. The number of carbonyl (C=O) groups is 1. The quantitative estimate of drug-likeness (QED) is 0.696. The summed E-state index contributed by atoms with van der Waals surface area (Å²) >= 11 is 0. The average molecular weight is 438 g/mol. The summed E-state index contributed by atoms with van der Waals surface area (Å²) in [6.07, 6.45) is -4.49. The Balaban J connectivity index is 1.70. The highest BCUT2D eigenvalue weighted by molar-refractivity contribution is 5.95. The smallest absolute Gasteiger partial charge is 0.416 e. The van der Waals surface area contributed by atoms with Crippen LogP contribution in [0.1, 0.15) is 11.1 Å². The zero-order valence-corrected chi connectivity index (χ0v) is 17.6. The molecule has 2 aromatic carbocycles. The van der Waals surface area contributed by atoms with Gasteiger partial charge in [-0.25, -0.2) is 0 Å². The van der Waals surface area contributed by atoms with Gasteiger partial charge >= 0.3 is 6.18 Å². The third-order valence-corrected chi connectivity index (χ3v) is 5.08. The van der Waals surface area contributed by atoms with Crippen LogP contribution in [0.5, 0.6) is 5.75 Å². The monoisotopic (exact) mass is 438 g/mol. The van der Waals surface area contributed by atoms with Gasteiger partial charge in [-0.05, 0) is 42.5 Å². The van der Waals surface area contributed by atoms with Crippen LogP contribution in [0.25, 0.3) is 0 Å². The first-order valence-electron chi connectivity index (χ1n) is 10.0. The highest BCUT2D eigenvalue weighted by atomic mass is 19.4. The van der Waals surface area contributed by atoms with Crippen LogP contribution in [0.2, 0.25) is 0 Å². The molecular formula is C22H27F3N3O3+. The number of quaternary nitrogens is 1. The van der Waals surface area contributed by atoms with Crippen LogP contribution in [0.4, 0.5) is 24.5 Å². The Morgan fingerprint density at radius 2 is 1.84 bits per heavy atom. The minimum atomic E-state index is -4.49. The summed E-state index contributed by atoms with van der Waals surface area (Å²) in [6.45, 7) is 2.79. The lowest BCUT2D eigenvalue weighted by Gasteiger charge is -2.31. The van der Waals surface area contributed by atoms with Crippen LogP contribution in [-0.2, 0) is 22.3 Å². The first kappa shape index (κ1) is 22.9. The molecule has 0 bridgehead atoms. The normalized spacial score (nSPS) is 15.5. The second kappa shape index (κ2) is 10.0. The van der Waals surface area contributed by atoms with Crippen LogP contribution in [0.3, 0.4) is 0 Å². The number of hydrogen-bond donors (Lipinski definition) is 2. The summed E-state index contributed by atoms with van der Waals surface area (Å²) in [5.41, 5.74) is 0.967. The second-order valence-corrected chi connectivity index (χ2v) is 7.54. The van der Waals surface area contributed by atoms with E-state index in [1.807, 2.05) is 36.2 Å². The van der Waals surface area contributed by atoms with Crippen LogP contribution in [0.15, 0.2) is 42.5 Å². The molecule has 168 valence electrons. The van der Waals surface area contributed by atoms with Gasteiger partial charge in [-0.2, -0.15) is 13.2 Å². The number of ether oxygens (including phenoxy) is 2. The van der Waals surface area contributed by atoms with E-state index < -0.39 is 11.7 Å². The standard InChI is InChI=1S/C22H26F3N3O3/c1-27(14-16-3-6-18(30-2)7-4-16)15-21(29)26-19-13-17(22(23,24)25)5-8-20(19)28-9-11-31-12-10-28/h3-8,13H,9-12,14-15H2,1-2H3,(H,26,29)/p+1. The number of carbonyl (C=O) groups excluding carboxylic acids is 1. The second-order valence-electron chi connectivity index (χ2n) is 7.54. The number of likely N-dealkylation sites (N-methyl/N-ethyl adjacent to an activating group) is 1. The van der Waals surface area contributed by atoms with Crippen LogP contribution in [-0.4, -0.2) is 52.9 Å². The van der Waals surface area contributed by atoms with Crippen molar-refractivity contribution in [2.24, 2.45) is 0 Å². The fourth-order valence-electron chi connectivity index (χ4n) is 3.52. The van der Waals surface area contributed by atoms with Gasteiger partial charge in [0.25, 0.3) is 5.91 Å². The number of morpholine rings is 1. The van der Waals surface area contributed by atoms with E-state index in [2.05, 4.69) is 5.32 Å². The Morgan fingerprint density at radius 3 is 2.45 bits per heavy atom. The van der Waals surface area contributed by atoms with Gasteiger partial charge in [0.05, 0.1) is 44.3 Å². The number of alkyl halides is 3. The van der Waals surface area contributed by atoms with Gasteiger partial charge in [0.2, 0.25) is 0 Å². The van der Waals surface area contributed by atoms with E-state index in [0.29, 0.717) is 38.5 Å². The summed E-state index contributed by atoms with van der Waals surface area (Å²) in [7, 11) is 3.45. The summed E-state index contributed by atoms with van der Waals surface area (Å²) in [5, 5.41) is 2.69. The molecule has 0 aliphatic carbocycles. The topological polar surface area (TPSA) is 55.2 Å². The van der Waals surface area contributed by atoms with Crippen LogP contribution >= 0.6 is 0 Å². The molecule has 0 aromatic heterocycles. The molecule has 3 rings (SSSR count). The predicted molar refractivity (Wildman–Crippen MR) is 112 cm³/mol. The van der Waals surface area contributed by atoms with Gasteiger partial charge in [0, 0.05) is 18.7 Å². The maximum atomic E-state index is 13.2. The van der Waals surface area contributed by atoms with E-state index in [1.165, 1.54) is 6.07 Å². The van der Waals surface area contributed by atoms with Crippen molar-refractivity contribution in [1.82, 2.24) is 0 Å². The van der Waals surface area contributed by atoms with Crippen molar-refractivity contribution in [3.05, 3.63) is 53.6 Å². The SMILES string of the molecule is COc1ccc(C[NH+](C)CC(=O)Nc2cc(C(F)(F)F)ccc2N2CCOCC2)cc1. The largest absolute Gasteiger partial charge is 0.497 e. The van der Waals surface area contributed by atoms with Crippen molar-refractivity contribution < 1.29 is 32.3 Å². The summed E-state index contributed by atoms with van der Waals surface area (Å²) in [4.78, 5) is 15.5. The molecule has 0 spiro atoms. The number of amides is 1. The highest BCUT2D eigenvalue weighted by Gasteiger charge is 2.32. The Kier molecular flexibility index (Phi) is 7.40. The van der Waals surface area contributed by atoms with Gasteiger partial charge in [0.1, 0.15) is 12.3 Å². The number of methoxy groups -OCH3 is 1. The molecule has 1 aliphatic rings. The minimum Gasteiger partial charge on any atom is -0.497 e. The van der Waals surface area contributed by atoms with Gasteiger partial charge in [-0.15, -0.1) is 0 Å². The molecule has 1 unspecified atom stereocenters. The van der Waals surface area contributed by atoms with Crippen molar-refractivity contribution >= 4 is 17.3 Å². The first-order chi connectivity index (χ1) is 14.8. The lowest BCUT2D eigenvalue weighted by molar-refractivity contribution is -0.885. The zero-order valence-electron chi connectivity index (χ0n) is 17.6. The molecule has 1 aliphatic heterocycles. The molecule has 1 fully saturated rings. The number of nitrogens with one attached hydrogen (secondary N) is 2. The van der Waals surface area contributed by atoms with Crippen molar-refractivity contribution in [2.45, 2.75) is 12.7 Å². The number of hydrogen-bond acceptors (Lipinski definition) is 4. The number of anilines is 2. The zero-order chi connectivity index (χ0) is 22.4. The third kappa shape index (κ3) is 6.35. The van der Waals surface area contributed by atoms with Gasteiger partial charge in [0.15, 0.2) is 6.54 Å². The Bertz CT molecular complexity index is 882. The predicted octanol–water partition coefficient (Wildman–Crippen LogP) is 2.20. The van der Waals surface area contributed by atoms with Crippen molar-refractivity contribution in [3.63, 3.8) is 0 Å². The maximum Gasteiger partial charge on any atom is 0.416 e. The molecule has 1 saturated heterocycles. The minimum absolute atomic E-state index is 0.116. The van der Waals surface area contributed by atoms with Gasteiger partial charge in [-0.3, -0.25) is 4.79 Å². The van der Waals surface area contributed by atoms with E-state index in [1.54, 1.807) is 7.11 Å². The lowest BCUT2D eigenvalue weighted by atomic mass is 10.1. The molecule has 31 heavy (non-hydrogen) atoms. The average Bonchev–Trinajstić information content (AvgIpc) is 2.74. The molecule has 1 amide bonds. The van der Waals surface area contributed by atoms with Gasteiger partial charge < -0.3 is 24.6 Å². The van der Waals surface area contributed by atoms with E-state index >= 15 is 0 Å². The maximum absolute atomic E-state index is 13.2. The molecular weight excluding hydrogens is 411 g/mol. The van der Waals surface area contributed by atoms with Crippen molar-refractivity contribution in [3.8, 4) is 5.75 Å². The molecule has 9 heteroatoms. The molecule has 1 atom stereocenters. The summed E-state index contributed by atoms with van der Waals surface area (Å²) < 4.78 is 50.1. The molecule has 0 radical (unpaired) electrons. The van der Waals surface area contributed by atoms with Crippen molar-refractivity contribution in [2.75, 3.05) is 57.2 Å². The third-order valence-electron chi connectivity index (χ3n) is 5.08. The molecule has 1 heterocycles. The number of rotatable bonds is 7. The van der Waals surface area contributed by atoms with Crippen LogP contribution < -0.4 is 19.9 Å². The number of halogens is 3. The van der Waals surface area contributed by atoms with E-state index in [9.17, 15) is 18.0 Å².